The number of nitrogens with two attached hydrogens (primary N) is 1. The van der Waals surface area contributed by atoms with E-state index in [1.54, 1.807) is 19.1 Å². The van der Waals surface area contributed by atoms with Crippen molar-refractivity contribution in [1.82, 2.24) is 25.1 Å². The average molecular weight is 378 g/mol. The number of rotatable bonds is 4. The largest absolute Gasteiger partial charge is 0.332 e. The minimum absolute atomic E-state index is 0. The van der Waals surface area contributed by atoms with E-state index < -0.39 is 10.5 Å². The topological polar surface area (TPSA) is 139 Å². The molecule has 3 aromatic rings. The van der Waals surface area contributed by atoms with Crippen LogP contribution in [0, 0.1) is 17.0 Å². The van der Waals surface area contributed by atoms with Crippen molar-refractivity contribution in [2.24, 2.45) is 5.73 Å². The minimum atomic E-state index is -0.522. The second kappa shape index (κ2) is 6.46. The summed E-state index contributed by atoms with van der Waals surface area (Å²) in [4.78, 5) is 14.8. The van der Waals surface area contributed by atoms with E-state index in [-0.39, 0.29) is 24.0 Å². The van der Waals surface area contributed by atoms with Gasteiger partial charge in [0, 0.05) is 12.1 Å². The summed E-state index contributed by atoms with van der Waals surface area (Å²) in [6, 6.07) is 6.14. The molecule has 1 aliphatic rings. The Kier molecular flexibility index (Phi) is 4.46. The second-order valence-corrected chi connectivity index (χ2v) is 6.15. The summed E-state index contributed by atoms with van der Waals surface area (Å²) in [5.41, 5.74) is 7.24. The molecule has 0 spiro atoms. The van der Waals surface area contributed by atoms with Crippen molar-refractivity contribution in [3.8, 4) is 17.3 Å². The molecule has 2 N–H and O–H groups in total. The summed E-state index contributed by atoms with van der Waals surface area (Å²) >= 11 is 0. The van der Waals surface area contributed by atoms with E-state index in [9.17, 15) is 10.1 Å². The third kappa shape index (κ3) is 2.82. The van der Waals surface area contributed by atoms with Crippen molar-refractivity contribution in [2.45, 2.75) is 31.7 Å². The van der Waals surface area contributed by atoms with Crippen molar-refractivity contribution in [1.29, 1.82) is 0 Å². The Morgan fingerprint density at radius 2 is 2.15 bits per heavy atom. The first-order valence-electron chi connectivity index (χ1n) is 7.78. The maximum Gasteiger partial charge on any atom is 0.280 e. The predicted molar refractivity (Wildman–Crippen MR) is 93.0 cm³/mol. The van der Waals surface area contributed by atoms with Crippen molar-refractivity contribution in [3.63, 3.8) is 0 Å². The Hall–Kier alpha value is -2.85. The van der Waals surface area contributed by atoms with E-state index in [1.807, 2.05) is 0 Å². The molecule has 26 heavy (non-hydrogen) atoms. The lowest BCUT2D eigenvalue weighted by Crippen LogP contribution is -2.44. The smallest absolute Gasteiger partial charge is 0.280 e. The molecule has 10 nitrogen and oxygen atoms in total. The molecule has 2 heterocycles. The quantitative estimate of drug-likeness (QED) is 0.539. The fourth-order valence-electron chi connectivity index (χ4n) is 2.81. The van der Waals surface area contributed by atoms with Crippen LogP contribution in [0.25, 0.3) is 17.3 Å². The van der Waals surface area contributed by atoms with Gasteiger partial charge >= 0.3 is 0 Å². The summed E-state index contributed by atoms with van der Waals surface area (Å²) in [6.45, 7) is 1.78. The highest BCUT2D eigenvalue weighted by molar-refractivity contribution is 5.85. The number of aromatic nitrogens is 5. The molecule has 0 saturated heterocycles. The van der Waals surface area contributed by atoms with Crippen LogP contribution in [0.15, 0.2) is 28.8 Å². The average Bonchev–Trinajstić information content (AvgIpc) is 3.19. The Labute approximate surface area is 153 Å². The van der Waals surface area contributed by atoms with Gasteiger partial charge in [-0.05, 0) is 32.3 Å². The highest BCUT2D eigenvalue weighted by Crippen LogP contribution is 2.37. The van der Waals surface area contributed by atoms with Crippen LogP contribution in [0.2, 0.25) is 0 Å². The van der Waals surface area contributed by atoms with Gasteiger partial charge in [-0.1, -0.05) is 16.4 Å². The summed E-state index contributed by atoms with van der Waals surface area (Å²) in [7, 11) is 0. The van der Waals surface area contributed by atoms with E-state index in [0.29, 0.717) is 22.9 Å². The number of hydrogen-bond donors (Lipinski definition) is 1. The standard InChI is InChI=1S/C15H15N7O3.ClH/c1-9-12(13-17-14(19-25-13)15(16)6-3-7-15)18-20-21(9)10-4-2-5-11(8-10)22(23)24;/h2,4-5,8H,3,6-7,16H2,1H3;1H. The lowest BCUT2D eigenvalue weighted by Gasteiger charge is -2.34. The normalized spacial score (nSPS) is 15.2. The maximum atomic E-state index is 10.9. The van der Waals surface area contributed by atoms with Crippen LogP contribution in [0.5, 0.6) is 0 Å². The van der Waals surface area contributed by atoms with Gasteiger partial charge in [-0.2, -0.15) is 4.98 Å². The molecule has 1 fully saturated rings. The number of benzene rings is 1. The molecule has 1 aliphatic carbocycles. The zero-order valence-electron chi connectivity index (χ0n) is 13.8. The summed E-state index contributed by atoms with van der Waals surface area (Å²) in [6.07, 6.45) is 2.69. The molecule has 0 aliphatic heterocycles. The zero-order valence-corrected chi connectivity index (χ0v) is 14.6. The number of halogens is 1. The highest BCUT2D eigenvalue weighted by atomic mass is 35.5. The Bertz CT molecular complexity index is 964. The lowest BCUT2D eigenvalue weighted by molar-refractivity contribution is -0.384. The molecule has 136 valence electrons. The van der Waals surface area contributed by atoms with Crippen molar-refractivity contribution in [3.05, 3.63) is 45.9 Å². The Morgan fingerprint density at radius 3 is 2.81 bits per heavy atom. The van der Waals surface area contributed by atoms with Gasteiger partial charge in [0.2, 0.25) is 0 Å². The van der Waals surface area contributed by atoms with Gasteiger partial charge in [0.05, 0.1) is 21.8 Å². The van der Waals surface area contributed by atoms with Gasteiger partial charge < -0.3 is 10.3 Å². The zero-order chi connectivity index (χ0) is 17.6. The SMILES string of the molecule is Cc1c(-c2nc(C3(N)CCC3)no2)nnn1-c1cccc([N+](=O)[O-])c1.Cl. The number of hydrogen-bond acceptors (Lipinski definition) is 8. The predicted octanol–water partition coefficient (Wildman–Crippen LogP) is 2.29. The minimum Gasteiger partial charge on any atom is -0.332 e. The molecule has 1 aromatic carbocycles. The fourth-order valence-corrected chi connectivity index (χ4v) is 2.81. The van der Waals surface area contributed by atoms with E-state index in [0.717, 1.165) is 19.3 Å². The van der Waals surface area contributed by atoms with Crippen LogP contribution in [-0.4, -0.2) is 30.1 Å². The van der Waals surface area contributed by atoms with E-state index in [2.05, 4.69) is 20.5 Å². The first-order valence-corrected chi connectivity index (χ1v) is 7.78. The van der Waals surface area contributed by atoms with Crippen LogP contribution in [-0.2, 0) is 5.54 Å². The highest BCUT2D eigenvalue weighted by Gasteiger charge is 2.39. The van der Waals surface area contributed by atoms with Crippen LogP contribution < -0.4 is 5.73 Å². The molecule has 0 bridgehead atoms. The molecule has 0 amide bonds. The molecule has 4 rings (SSSR count). The number of non-ortho nitro benzene ring substituents is 1. The molecule has 11 heteroatoms. The molecule has 1 saturated carbocycles. The van der Waals surface area contributed by atoms with Crippen LogP contribution in [0.4, 0.5) is 5.69 Å². The lowest BCUT2D eigenvalue weighted by atomic mass is 9.77. The number of nitrogens with zero attached hydrogens (tertiary/aromatic N) is 6. The molecular formula is C15H16ClN7O3. The summed E-state index contributed by atoms with van der Waals surface area (Å²) in [5, 5.41) is 23.0. The van der Waals surface area contributed by atoms with Gasteiger partial charge in [0.15, 0.2) is 11.5 Å². The van der Waals surface area contributed by atoms with Crippen LogP contribution >= 0.6 is 12.4 Å². The van der Waals surface area contributed by atoms with E-state index in [1.165, 1.54) is 16.8 Å². The third-order valence-electron chi connectivity index (χ3n) is 4.50. The summed E-state index contributed by atoms with van der Waals surface area (Å²) in [5.74, 6) is 0.707. The van der Waals surface area contributed by atoms with Gasteiger partial charge in [0.1, 0.15) is 0 Å². The maximum absolute atomic E-state index is 10.9. The van der Waals surface area contributed by atoms with Gasteiger partial charge in [0.25, 0.3) is 11.6 Å². The monoisotopic (exact) mass is 377 g/mol. The molecule has 0 unspecified atom stereocenters. The molecule has 0 radical (unpaired) electrons. The fraction of sp³-hybridized carbons (Fsp3) is 0.333. The van der Waals surface area contributed by atoms with Gasteiger partial charge in [-0.25, -0.2) is 4.68 Å². The van der Waals surface area contributed by atoms with Gasteiger partial charge in [-0.3, -0.25) is 10.1 Å². The molecular weight excluding hydrogens is 362 g/mol. The molecule has 2 aromatic heterocycles. The summed E-state index contributed by atoms with van der Waals surface area (Å²) < 4.78 is 6.79. The second-order valence-electron chi connectivity index (χ2n) is 6.15. The van der Waals surface area contributed by atoms with Crippen molar-refractivity contribution >= 4 is 18.1 Å². The van der Waals surface area contributed by atoms with E-state index in [4.69, 9.17) is 10.3 Å². The Morgan fingerprint density at radius 1 is 1.38 bits per heavy atom. The van der Waals surface area contributed by atoms with Crippen molar-refractivity contribution in [2.75, 3.05) is 0 Å². The third-order valence-corrected chi connectivity index (χ3v) is 4.50. The first-order chi connectivity index (χ1) is 12.0. The van der Waals surface area contributed by atoms with Crippen LogP contribution in [0.3, 0.4) is 0 Å². The molecule has 0 atom stereocenters. The number of nitro groups is 1. The Balaban J connectivity index is 0.00000196. The van der Waals surface area contributed by atoms with Gasteiger partial charge in [-0.15, -0.1) is 17.5 Å². The van der Waals surface area contributed by atoms with Crippen molar-refractivity contribution < 1.29 is 9.45 Å². The van der Waals surface area contributed by atoms with E-state index >= 15 is 0 Å². The number of nitro benzene ring substituents is 1. The first kappa shape index (κ1) is 18.0. The van der Waals surface area contributed by atoms with Crippen LogP contribution in [0.1, 0.15) is 30.8 Å².